The molecule has 2 aliphatic rings. The summed E-state index contributed by atoms with van der Waals surface area (Å²) in [6, 6.07) is 4.12. The number of nitrogens with one attached hydrogen (secondary N) is 1. The molecule has 0 atom stereocenters. The van der Waals surface area contributed by atoms with Crippen LogP contribution in [0.3, 0.4) is 0 Å². The highest BCUT2D eigenvalue weighted by Crippen LogP contribution is 2.35. The summed E-state index contributed by atoms with van der Waals surface area (Å²) in [5, 5.41) is 2.64. The molecule has 1 N–H and O–H groups in total. The van der Waals surface area contributed by atoms with E-state index in [1.165, 1.54) is 12.1 Å². The van der Waals surface area contributed by atoms with Crippen LogP contribution < -0.4 is 5.32 Å². The highest BCUT2D eigenvalue weighted by Gasteiger charge is 2.41. The minimum atomic E-state index is -4.38. The predicted octanol–water partition coefficient (Wildman–Crippen LogP) is 3.71. The minimum absolute atomic E-state index is 0.227. The summed E-state index contributed by atoms with van der Waals surface area (Å²) in [4.78, 5) is 13.9. The second-order valence-electron chi connectivity index (χ2n) is 6.48. The molecule has 1 aromatic rings. The second kappa shape index (κ2) is 6.84. The standard InChI is InChI=1S/C17H21F3N2O3/c1-16(24-10-11-25-16)12-6-8-22(9-7-12)15(23)21-14-4-2-13(3-5-14)17(18,19)20/h2-5,12H,6-11H2,1H3,(H,21,23). The van der Waals surface area contributed by atoms with Crippen molar-refractivity contribution in [3.05, 3.63) is 29.8 Å². The molecule has 0 radical (unpaired) electrons. The van der Waals surface area contributed by atoms with Crippen LogP contribution in [0.2, 0.25) is 0 Å². The van der Waals surface area contributed by atoms with Crippen molar-refractivity contribution in [2.24, 2.45) is 5.92 Å². The van der Waals surface area contributed by atoms with Crippen molar-refractivity contribution in [1.82, 2.24) is 4.90 Å². The molecule has 1 aromatic carbocycles. The summed E-state index contributed by atoms with van der Waals surface area (Å²) < 4.78 is 49.0. The van der Waals surface area contributed by atoms with E-state index in [0.717, 1.165) is 25.0 Å². The second-order valence-corrected chi connectivity index (χ2v) is 6.48. The molecule has 2 aliphatic heterocycles. The third-order valence-electron chi connectivity index (χ3n) is 4.85. The van der Waals surface area contributed by atoms with Crippen molar-refractivity contribution in [2.75, 3.05) is 31.6 Å². The summed E-state index contributed by atoms with van der Waals surface area (Å²) in [5.74, 6) is -0.346. The van der Waals surface area contributed by atoms with Gasteiger partial charge in [0.2, 0.25) is 0 Å². The normalized spacial score (nSPS) is 21.4. The van der Waals surface area contributed by atoms with E-state index < -0.39 is 17.5 Å². The van der Waals surface area contributed by atoms with Gasteiger partial charge in [0.15, 0.2) is 5.79 Å². The van der Waals surface area contributed by atoms with Crippen molar-refractivity contribution in [1.29, 1.82) is 0 Å². The summed E-state index contributed by atoms with van der Waals surface area (Å²) in [6.45, 7) is 4.22. The number of nitrogens with zero attached hydrogens (tertiary/aromatic N) is 1. The average molecular weight is 358 g/mol. The van der Waals surface area contributed by atoms with Crippen molar-refractivity contribution >= 4 is 11.7 Å². The van der Waals surface area contributed by atoms with Crippen molar-refractivity contribution in [3.8, 4) is 0 Å². The molecule has 2 amide bonds. The van der Waals surface area contributed by atoms with Gasteiger partial charge in [-0.15, -0.1) is 0 Å². The summed E-state index contributed by atoms with van der Waals surface area (Å²) in [7, 11) is 0. The van der Waals surface area contributed by atoms with Crippen LogP contribution in [0, 0.1) is 5.92 Å². The fourth-order valence-corrected chi connectivity index (χ4v) is 3.32. The lowest BCUT2D eigenvalue weighted by Crippen LogP contribution is -2.47. The average Bonchev–Trinajstić information content (AvgIpc) is 3.03. The first-order valence-electron chi connectivity index (χ1n) is 8.29. The molecule has 2 fully saturated rings. The Morgan fingerprint density at radius 2 is 1.72 bits per heavy atom. The topological polar surface area (TPSA) is 50.8 Å². The van der Waals surface area contributed by atoms with Crippen molar-refractivity contribution in [3.63, 3.8) is 0 Å². The highest BCUT2D eigenvalue weighted by atomic mass is 19.4. The van der Waals surface area contributed by atoms with E-state index in [0.29, 0.717) is 32.0 Å². The smallest absolute Gasteiger partial charge is 0.348 e. The lowest BCUT2D eigenvalue weighted by atomic mass is 9.89. The maximum Gasteiger partial charge on any atom is 0.416 e. The molecule has 0 aromatic heterocycles. The van der Waals surface area contributed by atoms with Crippen LogP contribution in [0.1, 0.15) is 25.3 Å². The Morgan fingerprint density at radius 1 is 1.16 bits per heavy atom. The number of carbonyl (C=O) groups is 1. The molecular formula is C17H21F3N2O3. The van der Waals surface area contributed by atoms with Gasteiger partial charge in [-0.1, -0.05) is 0 Å². The van der Waals surface area contributed by atoms with Gasteiger partial charge in [0.25, 0.3) is 0 Å². The number of piperidine rings is 1. The number of amides is 2. The highest BCUT2D eigenvalue weighted by molar-refractivity contribution is 5.89. The molecule has 5 nitrogen and oxygen atoms in total. The fourth-order valence-electron chi connectivity index (χ4n) is 3.32. The number of benzene rings is 1. The van der Waals surface area contributed by atoms with E-state index in [1.807, 2.05) is 6.92 Å². The summed E-state index contributed by atoms with van der Waals surface area (Å²) in [5.41, 5.74) is -0.398. The van der Waals surface area contributed by atoms with E-state index in [-0.39, 0.29) is 11.9 Å². The van der Waals surface area contributed by atoms with Crippen LogP contribution in [0.25, 0.3) is 0 Å². The Bertz CT molecular complexity index is 605. The molecule has 138 valence electrons. The monoisotopic (exact) mass is 358 g/mol. The molecule has 8 heteroatoms. The van der Waals surface area contributed by atoms with Crippen molar-refractivity contribution in [2.45, 2.75) is 31.7 Å². The Kier molecular flexibility index (Phi) is 4.92. The summed E-state index contributed by atoms with van der Waals surface area (Å²) in [6.07, 6.45) is -2.86. The van der Waals surface area contributed by atoms with Gasteiger partial charge in [-0.2, -0.15) is 13.2 Å². The third kappa shape index (κ3) is 4.07. The van der Waals surface area contributed by atoms with E-state index in [4.69, 9.17) is 9.47 Å². The van der Waals surface area contributed by atoms with Crippen LogP contribution in [-0.2, 0) is 15.7 Å². The molecule has 0 unspecified atom stereocenters. The van der Waals surface area contributed by atoms with Gasteiger partial charge >= 0.3 is 12.2 Å². The molecule has 0 spiro atoms. The Balaban J connectivity index is 1.53. The maximum absolute atomic E-state index is 12.6. The molecule has 0 aliphatic carbocycles. The lowest BCUT2D eigenvalue weighted by Gasteiger charge is -2.38. The number of ether oxygens (including phenoxy) is 2. The molecule has 0 saturated carbocycles. The number of hydrogen-bond donors (Lipinski definition) is 1. The SMILES string of the molecule is CC1(C2CCN(C(=O)Nc3ccc(C(F)(F)F)cc3)CC2)OCCO1. The van der Waals surface area contributed by atoms with Crippen LogP contribution in [0.15, 0.2) is 24.3 Å². The van der Waals surface area contributed by atoms with Gasteiger partial charge < -0.3 is 19.7 Å². The number of carbonyl (C=O) groups excluding carboxylic acids is 1. The van der Waals surface area contributed by atoms with Gasteiger partial charge in [0, 0.05) is 24.7 Å². The number of alkyl halides is 3. The zero-order valence-electron chi connectivity index (χ0n) is 13.9. The van der Waals surface area contributed by atoms with Crippen LogP contribution in [0.5, 0.6) is 0 Å². The predicted molar refractivity (Wildman–Crippen MR) is 85.1 cm³/mol. The number of halogens is 3. The number of anilines is 1. The van der Waals surface area contributed by atoms with Crippen LogP contribution >= 0.6 is 0 Å². The Labute approximate surface area is 144 Å². The number of likely N-dealkylation sites (tertiary alicyclic amines) is 1. The maximum atomic E-state index is 12.6. The molecule has 2 heterocycles. The zero-order chi connectivity index (χ0) is 18.1. The molecule has 3 rings (SSSR count). The van der Waals surface area contributed by atoms with Gasteiger partial charge in [-0.25, -0.2) is 4.79 Å². The van der Waals surface area contributed by atoms with Gasteiger partial charge in [0.1, 0.15) is 0 Å². The van der Waals surface area contributed by atoms with Gasteiger partial charge in [-0.05, 0) is 44.0 Å². The van der Waals surface area contributed by atoms with Crippen LogP contribution in [0.4, 0.5) is 23.7 Å². The van der Waals surface area contributed by atoms with E-state index in [2.05, 4.69) is 5.32 Å². The Morgan fingerprint density at radius 3 is 2.24 bits per heavy atom. The first-order chi connectivity index (χ1) is 11.8. The Hall–Kier alpha value is -1.80. The number of urea groups is 1. The molecule has 0 bridgehead atoms. The van der Waals surface area contributed by atoms with E-state index in [9.17, 15) is 18.0 Å². The van der Waals surface area contributed by atoms with Crippen molar-refractivity contribution < 1.29 is 27.4 Å². The quantitative estimate of drug-likeness (QED) is 0.877. The van der Waals surface area contributed by atoms with E-state index >= 15 is 0 Å². The van der Waals surface area contributed by atoms with Gasteiger partial charge in [-0.3, -0.25) is 0 Å². The molecule has 25 heavy (non-hydrogen) atoms. The number of hydrogen-bond acceptors (Lipinski definition) is 3. The van der Waals surface area contributed by atoms with Crippen LogP contribution in [-0.4, -0.2) is 43.0 Å². The minimum Gasteiger partial charge on any atom is -0.348 e. The summed E-state index contributed by atoms with van der Waals surface area (Å²) >= 11 is 0. The fraction of sp³-hybridized carbons (Fsp3) is 0.588. The number of rotatable bonds is 2. The van der Waals surface area contributed by atoms with Gasteiger partial charge in [0.05, 0.1) is 18.8 Å². The molecular weight excluding hydrogens is 337 g/mol. The lowest BCUT2D eigenvalue weighted by molar-refractivity contribution is -0.189. The molecule has 2 saturated heterocycles. The van der Waals surface area contributed by atoms with E-state index in [1.54, 1.807) is 4.90 Å². The zero-order valence-corrected chi connectivity index (χ0v) is 13.9. The third-order valence-corrected chi connectivity index (χ3v) is 4.85. The first-order valence-corrected chi connectivity index (χ1v) is 8.29. The largest absolute Gasteiger partial charge is 0.416 e. The first kappa shape index (κ1) is 18.0.